The van der Waals surface area contributed by atoms with Gasteiger partial charge in [0.25, 0.3) is 0 Å². The molecule has 0 unspecified atom stereocenters. The molecular weight excluding hydrogens is 304 g/mol. The van der Waals surface area contributed by atoms with E-state index in [1.54, 1.807) is 0 Å². The zero-order valence-electron chi connectivity index (χ0n) is 14.0. The molecule has 24 heavy (non-hydrogen) atoms. The van der Waals surface area contributed by atoms with Crippen LogP contribution in [0.1, 0.15) is 6.92 Å². The third kappa shape index (κ3) is 3.17. The number of hydrogen-bond acceptors (Lipinski definition) is 0. The van der Waals surface area contributed by atoms with Crippen LogP contribution in [0.2, 0.25) is 0 Å². The number of allylic oxidation sites excluding steroid dienone is 2. The fourth-order valence-electron chi connectivity index (χ4n) is 3.16. The predicted molar refractivity (Wildman–Crippen MR) is 108 cm³/mol. The van der Waals surface area contributed by atoms with Gasteiger partial charge in [-0.05, 0) is 22.5 Å². The molecule has 1 heteroatoms. The molecular formula is C23H22Si. The summed E-state index contributed by atoms with van der Waals surface area (Å²) in [5.74, 6) is 0. The molecule has 0 aliphatic rings. The Bertz CT molecular complexity index is 721. The van der Waals surface area contributed by atoms with Gasteiger partial charge in [-0.1, -0.05) is 115 Å². The van der Waals surface area contributed by atoms with Crippen molar-refractivity contribution in [3.05, 3.63) is 115 Å². The Kier molecular flexibility index (Phi) is 4.92. The van der Waals surface area contributed by atoms with Crippen molar-refractivity contribution in [2.75, 3.05) is 0 Å². The summed E-state index contributed by atoms with van der Waals surface area (Å²) in [5, 5.41) is 4.17. The molecule has 118 valence electrons. The topological polar surface area (TPSA) is 0 Å². The summed E-state index contributed by atoms with van der Waals surface area (Å²) in [6, 6.07) is 32.6. The molecule has 3 aromatic carbocycles. The van der Waals surface area contributed by atoms with Crippen molar-refractivity contribution in [2.24, 2.45) is 0 Å². The molecule has 0 fully saturated rings. The maximum absolute atomic E-state index is 4.07. The fraction of sp³-hybridized carbons (Fsp3) is 0.0435. The maximum Gasteiger partial charge on any atom is 0.172 e. The minimum Gasteiger partial charge on any atom is -0.0961 e. The van der Waals surface area contributed by atoms with Crippen LogP contribution < -0.4 is 15.6 Å². The van der Waals surface area contributed by atoms with E-state index < -0.39 is 8.07 Å². The quantitative estimate of drug-likeness (QED) is 0.380. The van der Waals surface area contributed by atoms with E-state index in [4.69, 9.17) is 0 Å². The average Bonchev–Trinajstić information content (AvgIpc) is 2.65. The Hall–Kier alpha value is -2.64. The molecule has 0 spiro atoms. The summed E-state index contributed by atoms with van der Waals surface area (Å²) in [7, 11) is -2.23. The lowest BCUT2D eigenvalue weighted by Gasteiger charge is -2.30. The van der Waals surface area contributed by atoms with Crippen LogP contribution >= 0.6 is 0 Å². The van der Waals surface area contributed by atoms with Crippen molar-refractivity contribution in [1.82, 2.24) is 0 Å². The Morgan fingerprint density at radius 3 is 1.29 bits per heavy atom. The molecule has 0 bridgehead atoms. The van der Waals surface area contributed by atoms with Crippen LogP contribution in [0.15, 0.2) is 115 Å². The normalized spacial score (nSPS) is 11.5. The van der Waals surface area contributed by atoms with Gasteiger partial charge in [-0.3, -0.25) is 0 Å². The highest BCUT2D eigenvalue weighted by atomic mass is 28.3. The van der Waals surface area contributed by atoms with Gasteiger partial charge in [0.2, 0.25) is 0 Å². The molecule has 0 nitrogen and oxygen atoms in total. The number of hydrogen-bond donors (Lipinski definition) is 0. The Labute approximate surface area is 145 Å². The molecule has 0 saturated heterocycles. The van der Waals surface area contributed by atoms with Gasteiger partial charge in [0, 0.05) is 0 Å². The molecule has 0 atom stereocenters. The fourth-order valence-corrected chi connectivity index (χ4v) is 7.43. The zero-order valence-corrected chi connectivity index (χ0v) is 15.0. The summed E-state index contributed by atoms with van der Waals surface area (Å²) in [6.45, 7) is 6.13. The second-order valence-corrected chi connectivity index (χ2v) is 9.77. The van der Waals surface area contributed by atoms with Gasteiger partial charge in [0.1, 0.15) is 0 Å². The van der Waals surface area contributed by atoms with Crippen LogP contribution in [-0.2, 0) is 0 Å². The molecule has 0 N–H and O–H groups in total. The van der Waals surface area contributed by atoms with E-state index in [0.29, 0.717) is 0 Å². The van der Waals surface area contributed by atoms with E-state index in [-0.39, 0.29) is 0 Å². The first-order valence-electron chi connectivity index (χ1n) is 8.25. The first-order chi connectivity index (χ1) is 11.7. The number of rotatable bonds is 5. The van der Waals surface area contributed by atoms with Gasteiger partial charge in [0.05, 0.1) is 0 Å². The molecule has 3 rings (SSSR count). The van der Waals surface area contributed by atoms with Crippen LogP contribution in [0.4, 0.5) is 0 Å². The van der Waals surface area contributed by atoms with E-state index in [1.807, 2.05) is 0 Å². The van der Waals surface area contributed by atoms with E-state index in [0.717, 1.165) is 5.57 Å². The minimum absolute atomic E-state index is 1.08. The van der Waals surface area contributed by atoms with Crippen LogP contribution in [0.5, 0.6) is 0 Å². The first-order valence-corrected chi connectivity index (χ1v) is 10.3. The van der Waals surface area contributed by atoms with Gasteiger partial charge in [-0.2, -0.15) is 0 Å². The van der Waals surface area contributed by atoms with Crippen LogP contribution in [-0.4, -0.2) is 8.07 Å². The smallest absolute Gasteiger partial charge is 0.0961 e. The highest BCUT2D eigenvalue weighted by Gasteiger charge is 2.36. The van der Waals surface area contributed by atoms with E-state index in [2.05, 4.69) is 116 Å². The lowest BCUT2D eigenvalue weighted by molar-refractivity contribution is 1.57. The van der Waals surface area contributed by atoms with E-state index in [1.165, 1.54) is 15.6 Å². The minimum atomic E-state index is -2.23. The highest BCUT2D eigenvalue weighted by molar-refractivity contribution is 7.14. The summed E-state index contributed by atoms with van der Waals surface area (Å²) < 4.78 is 0. The summed E-state index contributed by atoms with van der Waals surface area (Å²) >= 11 is 0. The molecule has 0 radical (unpaired) electrons. The van der Waals surface area contributed by atoms with Crippen molar-refractivity contribution >= 4 is 23.6 Å². The third-order valence-corrected chi connectivity index (χ3v) is 8.70. The molecule has 3 aromatic rings. The Morgan fingerprint density at radius 1 is 0.667 bits per heavy atom. The lowest BCUT2D eigenvalue weighted by atomic mass is 10.3. The van der Waals surface area contributed by atoms with Gasteiger partial charge >= 0.3 is 0 Å². The molecule has 0 heterocycles. The van der Waals surface area contributed by atoms with Gasteiger partial charge in [-0.25, -0.2) is 0 Å². The van der Waals surface area contributed by atoms with Crippen LogP contribution in [0.3, 0.4) is 0 Å². The largest absolute Gasteiger partial charge is 0.172 e. The second kappa shape index (κ2) is 7.29. The molecule has 0 aromatic heterocycles. The second-order valence-electron chi connectivity index (χ2n) is 6.09. The summed E-state index contributed by atoms with van der Waals surface area (Å²) in [4.78, 5) is 0. The van der Waals surface area contributed by atoms with Gasteiger partial charge < -0.3 is 0 Å². The van der Waals surface area contributed by atoms with Crippen molar-refractivity contribution in [3.8, 4) is 0 Å². The average molecular weight is 327 g/mol. The van der Waals surface area contributed by atoms with Gasteiger partial charge in [-0.15, -0.1) is 0 Å². The van der Waals surface area contributed by atoms with Crippen molar-refractivity contribution in [1.29, 1.82) is 0 Å². The van der Waals surface area contributed by atoms with Crippen molar-refractivity contribution in [3.63, 3.8) is 0 Å². The SMILES string of the molecule is C=C(C)/C=C/[Si](c1ccccc1)(c1ccccc1)c1ccccc1. The van der Waals surface area contributed by atoms with E-state index >= 15 is 0 Å². The van der Waals surface area contributed by atoms with Crippen molar-refractivity contribution in [2.45, 2.75) is 6.92 Å². The van der Waals surface area contributed by atoms with Crippen LogP contribution in [0, 0.1) is 0 Å². The molecule has 0 aliphatic heterocycles. The van der Waals surface area contributed by atoms with Crippen molar-refractivity contribution < 1.29 is 0 Å². The zero-order chi connectivity index (χ0) is 16.8. The maximum atomic E-state index is 4.07. The third-order valence-electron chi connectivity index (χ3n) is 4.31. The standard InChI is InChI=1S/C23H22Si/c1-20(2)18-19-24(21-12-6-3-7-13-21,22-14-8-4-9-15-22)23-16-10-5-11-17-23/h3-19H,1H2,2H3/b19-18+. The first kappa shape index (κ1) is 16.2. The Morgan fingerprint density at radius 2 is 1.00 bits per heavy atom. The monoisotopic (exact) mass is 326 g/mol. The molecule has 0 amide bonds. The Balaban J connectivity index is 2.35. The predicted octanol–water partition coefficient (Wildman–Crippen LogP) is 3.83. The number of benzene rings is 3. The summed E-state index contributed by atoms with van der Waals surface area (Å²) in [5.41, 5.74) is 3.49. The van der Waals surface area contributed by atoms with Crippen LogP contribution in [0.25, 0.3) is 0 Å². The highest BCUT2D eigenvalue weighted by Crippen LogP contribution is 2.10. The molecule has 0 aliphatic carbocycles. The van der Waals surface area contributed by atoms with Gasteiger partial charge in [0.15, 0.2) is 8.07 Å². The lowest BCUT2D eigenvalue weighted by Crippen LogP contribution is -2.66. The van der Waals surface area contributed by atoms with E-state index in [9.17, 15) is 0 Å². The molecule has 0 saturated carbocycles. The summed E-state index contributed by atoms with van der Waals surface area (Å²) in [6.07, 6.45) is 2.18.